The van der Waals surface area contributed by atoms with Gasteiger partial charge in [0.1, 0.15) is 11.5 Å². The fourth-order valence-corrected chi connectivity index (χ4v) is 3.56. The summed E-state index contributed by atoms with van der Waals surface area (Å²) in [6.07, 6.45) is 3.19. The van der Waals surface area contributed by atoms with Crippen LogP contribution in [0.1, 0.15) is 36.6 Å². The van der Waals surface area contributed by atoms with Crippen LogP contribution in [0.3, 0.4) is 0 Å². The molecule has 1 amide bonds. The number of carbonyl (C=O) groups excluding carboxylic acids is 2. The second-order valence-electron chi connectivity index (χ2n) is 7.95. The van der Waals surface area contributed by atoms with Crippen LogP contribution in [-0.4, -0.2) is 53.5 Å². The van der Waals surface area contributed by atoms with Gasteiger partial charge in [-0.15, -0.1) is 0 Å². The molecular formula is C24H28N2O5. The Morgan fingerprint density at radius 1 is 1.19 bits per heavy atom. The molecule has 7 nitrogen and oxygen atoms in total. The minimum atomic E-state index is -0.715. The molecule has 0 radical (unpaired) electrons. The summed E-state index contributed by atoms with van der Waals surface area (Å²) in [5.41, 5.74) is 2.04. The summed E-state index contributed by atoms with van der Waals surface area (Å²) in [7, 11) is 1.53. The topological polar surface area (TPSA) is 89.0 Å². The Hall–Kier alpha value is -3.19. The highest BCUT2D eigenvalue weighted by molar-refractivity contribution is 6.46. The van der Waals surface area contributed by atoms with Gasteiger partial charge in [0.25, 0.3) is 11.7 Å². The Morgan fingerprint density at radius 3 is 2.52 bits per heavy atom. The molecule has 1 aliphatic rings. The van der Waals surface area contributed by atoms with Crippen molar-refractivity contribution in [1.29, 1.82) is 0 Å². The number of aliphatic hydroxyl groups is 1. The highest BCUT2D eigenvalue weighted by atomic mass is 16.5. The third-order valence-electron chi connectivity index (χ3n) is 5.12. The van der Waals surface area contributed by atoms with Crippen molar-refractivity contribution in [2.24, 2.45) is 5.92 Å². The van der Waals surface area contributed by atoms with Crippen LogP contribution in [0.4, 0.5) is 0 Å². The van der Waals surface area contributed by atoms with E-state index in [0.29, 0.717) is 23.7 Å². The third-order valence-corrected chi connectivity index (χ3v) is 5.12. The molecule has 1 aromatic carbocycles. The predicted molar refractivity (Wildman–Crippen MR) is 117 cm³/mol. The summed E-state index contributed by atoms with van der Waals surface area (Å²) in [5, 5.41) is 11.1. The van der Waals surface area contributed by atoms with E-state index in [-0.39, 0.29) is 24.5 Å². The molecule has 0 aliphatic carbocycles. The highest BCUT2D eigenvalue weighted by Crippen LogP contribution is 2.39. The van der Waals surface area contributed by atoms with E-state index in [1.54, 1.807) is 42.7 Å². The van der Waals surface area contributed by atoms with Gasteiger partial charge in [-0.3, -0.25) is 14.6 Å². The fraction of sp³-hybridized carbons (Fsp3) is 0.375. The predicted octanol–water partition coefficient (Wildman–Crippen LogP) is 3.49. The number of amides is 1. The van der Waals surface area contributed by atoms with E-state index in [4.69, 9.17) is 9.47 Å². The third kappa shape index (κ3) is 4.77. The molecule has 164 valence electrons. The maximum atomic E-state index is 12.9. The Bertz CT molecular complexity index is 985. The van der Waals surface area contributed by atoms with E-state index in [2.05, 4.69) is 18.8 Å². The number of aliphatic hydroxyl groups excluding tert-OH is 1. The van der Waals surface area contributed by atoms with Crippen LogP contribution in [-0.2, 0) is 14.3 Å². The largest absolute Gasteiger partial charge is 0.507 e. The molecule has 1 aliphatic heterocycles. The number of Topliss-reactive ketones (excluding diaryl/α,β-unsaturated/α-hetero) is 1. The van der Waals surface area contributed by atoms with Gasteiger partial charge in [-0.2, -0.15) is 0 Å². The maximum absolute atomic E-state index is 12.9. The zero-order chi connectivity index (χ0) is 22.5. The van der Waals surface area contributed by atoms with E-state index in [1.165, 1.54) is 12.0 Å². The first-order valence-electron chi connectivity index (χ1n) is 10.3. The monoisotopic (exact) mass is 424 g/mol. The Balaban J connectivity index is 2.05. The second kappa shape index (κ2) is 9.75. The van der Waals surface area contributed by atoms with Crippen molar-refractivity contribution in [3.05, 3.63) is 65.0 Å². The molecule has 2 heterocycles. The molecule has 0 saturated carbocycles. The molecular weight excluding hydrogens is 396 g/mol. The van der Waals surface area contributed by atoms with Gasteiger partial charge in [-0.05, 0) is 54.3 Å². The van der Waals surface area contributed by atoms with Crippen molar-refractivity contribution >= 4 is 17.4 Å². The van der Waals surface area contributed by atoms with Crippen LogP contribution < -0.4 is 4.74 Å². The van der Waals surface area contributed by atoms with Crippen LogP contribution in [0.2, 0.25) is 0 Å². The molecule has 1 atom stereocenters. The first-order valence-corrected chi connectivity index (χ1v) is 10.3. The molecule has 1 unspecified atom stereocenters. The summed E-state index contributed by atoms with van der Waals surface area (Å²) in [5.74, 6) is -0.479. The highest BCUT2D eigenvalue weighted by Gasteiger charge is 2.45. The van der Waals surface area contributed by atoms with E-state index in [9.17, 15) is 14.7 Å². The van der Waals surface area contributed by atoms with E-state index >= 15 is 0 Å². The number of ketones is 1. The van der Waals surface area contributed by atoms with Gasteiger partial charge < -0.3 is 19.5 Å². The van der Waals surface area contributed by atoms with Crippen molar-refractivity contribution in [2.75, 3.05) is 26.9 Å². The van der Waals surface area contributed by atoms with Gasteiger partial charge in [-0.25, -0.2) is 0 Å². The lowest BCUT2D eigenvalue weighted by atomic mass is 9.95. The SMILES string of the molecule is COCCN1C(=O)C(=O)/C(=C(/O)c2ccc(OCC(C)C)c(C)c2)C1c1ccncc1. The first-order chi connectivity index (χ1) is 14.8. The number of aromatic nitrogens is 1. The van der Waals surface area contributed by atoms with Crippen molar-refractivity contribution in [1.82, 2.24) is 9.88 Å². The molecule has 0 spiro atoms. The Kier molecular flexibility index (Phi) is 7.07. The van der Waals surface area contributed by atoms with Gasteiger partial charge in [0.2, 0.25) is 0 Å². The summed E-state index contributed by atoms with van der Waals surface area (Å²) < 4.78 is 10.9. The van der Waals surface area contributed by atoms with Crippen LogP contribution in [0.5, 0.6) is 5.75 Å². The standard InChI is InChI=1S/C24H28N2O5/c1-15(2)14-31-19-6-5-18(13-16(19)3)22(27)20-21(17-7-9-25-10-8-17)26(11-12-30-4)24(29)23(20)28/h5-10,13,15,21,27H,11-12,14H2,1-4H3/b22-20+. The number of ether oxygens (including phenoxy) is 2. The molecule has 3 rings (SSSR count). The van der Waals surface area contributed by atoms with Gasteiger partial charge in [0, 0.05) is 31.6 Å². The van der Waals surface area contributed by atoms with Gasteiger partial charge >= 0.3 is 0 Å². The molecule has 1 N–H and O–H groups in total. The number of nitrogens with zero attached hydrogens (tertiary/aromatic N) is 2. The molecule has 31 heavy (non-hydrogen) atoms. The minimum absolute atomic E-state index is 0.0579. The van der Waals surface area contributed by atoms with Crippen molar-refractivity contribution in [3.8, 4) is 5.75 Å². The number of methoxy groups -OCH3 is 1. The van der Waals surface area contributed by atoms with Crippen LogP contribution in [0.15, 0.2) is 48.3 Å². The molecule has 1 fully saturated rings. The lowest BCUT2D eigenvalue weighted by molar-refractivity contribution is -0.140. The zero-order valence-electron chi connectivity index (χ0n) is 18.3. The second-order valence-corrected chi connectivity index (χ2v) is 7.95. The minimum Gasteiger partial charge on any atom is -0.507 e. The van der Waals surface area contributed by atoms with Gasteiger partial charge in [0.05, 0.1) is 24.8 Å². The van der Waals surface area contributed by atoms with Gasteiger partial charge in [0.15, 0.2) is 0 Å². The Labute approximate surface area is 182 Å². The number of hydrogen-bond donors (Lipinski definition) is 1. The van der Waals surface area contributed by atoms with Crippen molar-refractivity contribution in [3.63, 3.8) is 0 Å². The fourth-order valence-electron chi connectivity index (χ4n) is 3.56. The lowest BCUT2D eigenvalue weighted by Crippen LogP contribution is -2.32. The van der Waals surface area contributed by atoms with Crippen molar-refractivity contribution in [2.45, 2.75) is 26.8 Å². The average molecular weight is 424 g/mol. The molecule has 1 aromatic heterocycles. The van der Waals surface area contributed by atoms with E-state index in [0.717, 1.165) is 11.3 Å². The summed E-state index contributed by atoms with van der Waals surface area (Å²) >= 11 is 0. The summed E-state index contributed by atoms with van der Waals surface area (Å²) in [6.45, 7) is 7.10. The van der Waals surface area contributed by atoms with Crippen LogP contribution in [0, 0.1) is 12.8 Å². The normalized spacial score (nSPS) is 18.1. The van der Waals surface area contributed by atoms with Crippen LogP contribution >= 0.6 is 0 Å². The number of pyridine rings is 1. The zero-order valence-corrected chi connectivity index (χ0v) is 18.3. The quantitative estimate of drug-likeness (QED) is 0.396. The van der Waals surface area contributed by atoms with Crippen molar-refractivity contribution < 1.29 is 24.2 Å². The smallest absolute Gasteiger partial charge is 0.295 e. The summed E-state index contributed by atoms with van der Waals surface area (Å²) in [6, 6.07) is 7.99. The van der Waals surface area contributed by atoms with E-state index < -0.39 is 17.7 Å². The average Bonchev–Trinajstić information content (AvgIpc) is 3.01. The Morgan fingerprint density at radius 2 is 1.90 bits per heavy atom. The van der Waals surface area contributed by atoms with Gasteiger partial charge in [-0.1, -0.05) is 13.8 Å². The number of carbonyl (C=O) groups is 2. The number of likely N-dealkylation sites (tertiary alicyclic amines) is 1. The molecule has 2 aromatic rings. The number of aryl methyl sites for hydroxylation is 1. The molecule has 0 bridgehead atoms. The van der Waals surface area contributed by atoms with E-state index in [1.807, 2.05) is 6.92 Å². The molecule has 7 heteroatoms. The lowest BCUT2D eigenvalue weighted by Gasteiger charge is -2.24. The number of hydrogen-bond acceptors (Lipinski definition) is 6. The first kappa shape index (κ1) is 22.5. The van der Waals surface area contributed by atoms with Crippen LogP contribution in [0.25, 0.3) is 5.76 Å². The summed E-state index contributed by atoms with van der Waals surface area (Å²) in [4.78, 5) is 31.1. The molecule has 1 saturated heterocycles. The maximum Gasteiger partial charge on any atom is 0.295 e. The number of benzene rings is 1. The number of rotatable bonds is 8.